The van der Waals surface area contributed by atoms with Crippen molar-refractivity contribution < 1.29 is 9.50 Å². The zero-order valence-electron chi connectivity index (χ0n) is 9.54. The van der Waals surface area contributed by atoms with Gasteiger partial charge in [-0.05, 0) is 43.5 Å². The highest BCUT2D eigenvalue weighted by Gasteiger charge is 2.38. The van der Waals surface area contributed by atoms with E-state index in [1.54, 1.807) is 12.1 Å². The molecule has 0 spiro atoms. The second-order valence-electron chi connectivity index (χ2n) is 4.44. The molecular formula is C13H18FNO. The van der Waals surface area contributed by atoms with Crippen LogP contribution in [0.1, 0.15) is 31.7 Å². The molecule has 1 aliphatic heterocycles. The summed E-state index contributed by atoms with van der Waals surface area (Å²) in [6.45, 7) is 2.87. The summed E-state index contributed by atoms with van der Waals surface area (Å²) in [6, 6.07) is 6.33. The van der Waals surface area contributed by atoms with E-state index >= 15 is 0 Å². The summed E-state index contributed by atoms with van der Waals surface area (Å²) in [6.07, 6.45) is 2.61. The molecule has 2 atom stereocenters. The van der Waals surface area contributed by atoms with E-state index < -0.39 is 5.60 Å². The third kappa shape index (κ3) is 1.97. The van der Waals surface area contributed by atoms with Gasteiger partial charge >= 0.3 is 0 Å². The maximum Gasteiger partial charge on any atom is 0.123 e. The van der Waals surface area contributed by atoms with Crippen molar-refractivity contribution in [1.82, 2.24) is 5.32 Å². The molecule has 0 amide bonds. The molecule has 1 aromatic carbocycles. The van der Waals surface area contributed by atoms with Crippen LogP contribution >= 0.6 is 0 Å². The zero-order valence-corrected chi connectivity index (χ0v) is 9.54. The Hall–Kier alpha value is -0.930. The Kier molecular flexibility index (Phi) is 3.26. The van der Waals surface area contributed by atoms with Crippen LogP contribution in [0.5, 0.6) is 0 Å². The predicted octanol–water partition coefficient (Wildman–Crippen LogP) is 2.18. The van der Waals surface area contributed by atoms with Crippen LogP contribution in [-0.2, 0) is 5.60 Å². The SMILES string of the molecule is CCC(O)(c1cccc(F)c1)C1CCCN1. The fourth-order valence-corrected chi connectivity index (χ4v) is 2.50. The fraction of sp³-hybridized carbons (Fsp3) is 0.538. The molecule has 2 rings (SSSR count). The van der Waals surface area contributed by atoms with Gasteiger partial charge in [0.25, 0.3) is 0 Å². The Morgan fingerprint density at radius 2 is 2.38 bits per heavy atom. The third-order valence-electron chi connectivity index (χ3n) is 3.50. The summed E-state index contributed by atoms with van der Waals surface area (Å²) in [5.74, 6) is -0.289. The van der Waals surface area contributed by atoms with Crippen LogP contribution in [0, 0.1) is 5.82 Å². The van der Waals surface area contributed by atoms with Crippen molar-refractivity contribution in [2.24, 2.45) is 0 Å². The van der Waals surface area contributed by atoms with Crippen LogP contribution in [0.3, 0.4) is 0 Å². The molecule has 0 aromatic heterocycles. The molecule has 2 nitrogen and oxygen atoms in total. The molecule has 0 aliphatic carbocycles. The maximum atomic E-state index is 13.2. The molecule has 0 saturated carbocycles. The normalized spacial score (nSPS) is 24.3. The molecule has 88 valence electrons. The molecule has 16 heavy (non-hydrogen) atoms. The highest BCUT2D eigenvalue weighted by Crippen LogP contribution is 2.33. The van der Waals surface area contributed by atoms with E-state index in [-0.39, 0.29) is 11.9 Å². The van der Waals surface area contributed by atoms with E-state index in [9.17, 15) is 9.50 Å². The van der Waals surface area contributed by atoms with Gasteiger partial charge in [0.1, 0.15) is 11.4 Å². The standard InChI is InChI=1S/C13H18FNO/c1-2-13(16,12-7-4-8-15-12)10-5-3-6-11(14)9-10/h3,5-6,9,12,15-16H,2,4,7-8H2,1H3. The average molecular weight is 223 g/mol. The molecular weight excluding hydrogens is 205 g/mol. The number of rotatable bonds is 3. The largest absolute Gasteiger partial charge is 0.384 e. The first kappa shape index (κ1) is 11.6. The van der Waals surface area contributed by atoms with Gasteiger partial charge in [-0.25, -0.2) is 4.39 Å². The third-order valence-corrected chi connectivity index (χ3v) is 3.50. The highest BCUT2D eigenvalue weighted by molar-refractivity contribution is 5.25. The van der Waals surface area contributed by atoms with Crippen LogP contribution in [0.4, 0.5) is 4.39 Å². The summed E-state index contributed by atoms with van der Waals surface area (Å²) in [7, 11) is 0. The van der Waals surface area contributed by atoms with Gasteiger partial charge in [-0.3, -0.25) is 0 Å². The molecule has 1 aliphatic rings. The van der Waals surface area contributed by atoms with E-state index in [0.717, 1.165) is 19.4 Å². The number of halogens is 1. The molecule has 1 fully saturated rings. The van der Waals surface area contributed by atoms with Crippen LogP contribution in [0.2, 0.25) is 0 Å². The zero-order chi connectivity index (χ0) is 11.6. The predicted molar refractivity (Wildman–Crippen MR) is 61.6 cm³/mol. The van der Waals surface area contributed by atoms with Gasteiger partial charge in [-0.15, -0.1) is 0 Å². The van der Waals surface area contributed by atoms with Crippen molar-refractivity contribution in [3.05, 3.63) is 35.6 Å². The molecule has 0 bridgehead atoms. The molecule has 1 saturated heterocycles. The van der Waals surface area contributed by atoms with Gasteiger partial charge in [0.05, 0.1) is 0 Å². The monoisotopic (exact) mass is 223 g/mol. The topological polar surface area (TPSA) is 32.3 Å². The lowest BCUT2D eigenvalue weighted by Crippen LogP contribution is -2.44. The lowest BCUT2D eigenvalue weighted by molar-refractivity contribution is -0.00143. The highest BCUT2D eigenvalue weighted by atomic mass is 19.1. The minimum absolute atomic E-state index is 0.0410. The molecule has 3 heteroatoms. The van der Waals surface area contributed by atoms with E-state index in [2.05, 4.69) is 5.32 Å². The minimum Gasteiger partial charge on any atom is -0.384 e. The van der Waals surface area contributed by atoms with E-state index in [4.69, 9.17) is 0 Å². The van der Waals surface area contributed by atoms with E-state index in [1.165, 1.54) is 12.1 Å². The van der Waals surface area contributed by atoms with Gasteiger partial charge in [-0.2, -0.15) is 0 Å². The minimum atomic E-state index is -0.946. The number of benzene rings is 1. The first-order chi connectivity index (χ1) is 7.66. The van der Waals surface area contributed by atoms with Gasteiger partial charge in [-0.1, -0.05) is 19.1 Å². The van der Waals surface area contributed by atoms with Crippen LogP contribution in [0.25, 0.3) is 0 Å². The lowest BCUT2D eigenvalue weighted by Gasteiger charge is -2.33. The molecule has 1 heterocycles. The van der Waals surface area contributed by atoms with Crippen LogP contribution in [-0.4, -0.2) is 17.7 Å². The van der Waals surface area contributed by atoms with Crippen molar-refractivity contribution in [3.8, 4) is 0 Å². The summed E-state index contributed by atoms with van der Waals surface area (Å²) in [5.41, 5.74) is -0.270. The van der Waals surface area contributed by atoms with Gasteiger partial charge in [0.2, 0.25) is 0 Å². The van der Waals surface area contributed by atoms with Gasteiger partial charge in [0, 0.05) is 6.04 Å². The fourth-order valence-electron chi connectivity index (χ4n) is 2.50. The Balaban J connectivity index is 2.32. The molecule has 2 N–H and O–H groups in total. The number of hydrogen-bond acceptors (Lipinski definition) is 2. The average Bonchev–Trinajstić information content (AvgIpc) is 2.82. The number of aliphatic hydroxyl groups is 1. The summed E-state index contributed by atoms with van der Waals surface area (Å²) < 4.78 is 13.2. The smallest absolute Gasteiger partial charge is 0.123 e. The van der Waals surface area contributed by atoms with E-state index in [1.807, 2.05) is 6.92 Å². The summed E-state index contributed by atoms with van der Waals surface area (Å²) >= 11 is 0. The Morgan fingerprint density at radius 1 is 1.56 bits per heavy atom. The van der Waals surface area contributed by atoms with Gasteiger partial charge in [0.15, 0.2) is 0 Å². The van der Waals surface area contributed by atoms with Crippen molar-refractivity contribution >= 4 is 0 Å². The van der Waals surface area contributed by atoms with Gasteiger partial charge < -0.3 is 10.4 Å². The Bertz CT molecular complexity index is 363. The summed E-state index contributed by atoms with van der Waals surface area (Å²) in [5, 5.41) is 14.0. The molecule has 0 radical (unpaired) electrons. The maximum absolute atomic E-state index is 13.2. The first-order valence-electron chi connectivity index (χ1n) is 5.88. The quantitative estimate of drug-likeness (QED) is 0.823. The Morgan fingerprint density at radius 3 is 2.94 bits per heavy atom. The second-order valence-corrected chi connectivity index (χ2v) is 4.44. The summed E-state index contributed by atoms with van der Waals surface area (Å²) in [4.78, 5) is 0. The lowest BCUT2D eigenvalue weighted by atomic mass is 9.83. The molecule has 2 unspecified atom stereocenters. The van der Waals surface area contributed by atoms with Crippen LogP contribution in [0.15, 0.2) is 24.3 Å². The van der Waals surface area contributed by atoms with Crippen molar-refractivity contribution in [2.45, 2.75) is 37.8 Å². The van der Waals surface area contributed by atoms with Crippen molar-refractivity contribution in [3.63, 3.8) is 0 Å². The second kappa shape index (κ2) is 4.52. The first-order valence-corrected chi connectivity index (χ1v) is 5.88. The Labute approximate surface area is 95.5 Å². The number of hydrogen-bond donors (Lipinski definition) is 2. The van der Waals surface area contributed by atoms with Crippen molar-refractivity contribution in [1.29, 1.82) is 0 Å². The molecule has 1 aromatic rings. The number of nitrogens with one attached hydrogen (secondary N) is 1. The van der Waals surface area contributed by atoms with Crippen molar-refractivity contribution in [2.75, 3.05) is 6.54 Å². The van der Waals surface area contributed by atoms with E-state index in [0.29, 0.717) is 12.0 Å². The van der Waals surface area contributed by atoms with Crippen LogP contribution < -0.4 is 5.32 Å².